The van der Waals surface area contributed by atoms with E-state index in [9.17, 15) is 9.59 Å². The molecule has 6 atom stereocenters. The van der Waals surface area contributed by atoms with Crippen molar-refractivity contribution in [2.45, 2.75) is 83.7 Å². The summed E-state index contributed by atoms with van der Waals surface area (Å²) in [7, 11) is 1.93. The summed E-state index contributed by atoms with van der Waals surface area (Å²) in [6.45, 7) is 4.88. The predicted octanol–water partition coefficient (Wildman–Crippen LogP) is 4.67. The Balaban J connectivity index is 1.28. The van der Waals surface area contributed by atoms with E-state index in [0.29, 0.717) is 16.9 Å². The van der Waals surface area contributed by atoms with Crippen molar-refractivity contribution in [3.8, 4) is 0 Å². The molecule has 0 spiro atoms. The minimum Gasteiger partial charge on any atom is -0.348 e. The molecule has 176 valence electrons. The van der Waals surface area contributed by atoms with Crippen molar-refractivity contribution < 1.29 is 9.59 Å². The van der Waals surface area contributed by atoms with Crippen molar-refractivity contribution in [1.29, 1.82) is 0 Å². The van der Waals surface area contributed by atoms with Gasteiger partial charge in [-0.25, -0.2) is 0 Å². The van der Waals surface area contributed by atoms with Gasteiger partial charge in [0, 0.05) is 24.5 Å². The molecular formula is C29H38N2O2. The zero-order chi connectivity index (χ0) is 23.0. The van der Waals surface area contributed by atoms with Gasteiger partial charge in [-0.3, -0.25) is 9.59 Å². The van der Waals surface area contributed by atoms with Crippen molar-refractivity contribution >= 4 is 11.8 Å². The standard InChI is InChI=1S/C29H38N2O2/c1-28-13-6-9-23(28)21-10-11-25-29(2,24(21)12-14-28)17-22(27(33)31(25)3)26(32)30-20-15-18-7-4-5-8-19(18)16-20/h4-5,7-8,17,20-21,23-25H,6,9-16H2,1-3H3,(H,30,32)/t21-,23-,24+,25?,28-,29+/m0/s1. The van der Waals surface area contributed by atoms with E-state index >= 15 is 0 Å². The minimum absolute atomic E-state index is 0.0763. The van der Waals surface area contributed by atoms with Crippen LogP contribution in [-0.2, 0) is 22.4 Å². The molecule has 0 radical (unpaired) electrons. The lowest BCUT2D eigenvalue weighted by Crippen LogP contribution is -2.61. The van der Waals surface area contributed by atoms with E-state index < -0.39 is 0 Å². The molecule has 3 saturated carbocycles. The Bertz CT molecular complexity index is 1010. The second-order valence-electron chi connectivity index (χ2n) is 12.2. The number of hydrogen-bond donors (Lipinski definition) is 1. The maximum atomic E-state index is 13.4. The number of fused-ring (bicyclic) bond motifs is 6. The molecule has 0 aromatic heterocycles. The highest BCUT2D eigenvalue weighted by Gasteiger charge is 2.59. The lowest BCUT2D eigenvalue weighted by Gasteiger charge is -2.60. The fraction of sp³-hybridized carbons (Fsp3) is 0.655. The Labute approximate surface area is 198 Å². The average Bonchev–Trinajstić information content (AvgIpc) is 3.38. The van der Waals surface area contributed by atoms with Crippen molar-refractivity contribution in [3.63, 3.8) is 0 Å². The summed E-state index contributed by atoms with van der Waals surface area (Å²) in [4.78, 5) is 28.7. The highest BCUT2D eigenvalue weighted by Crippen LogP contribution is 2.64. The first-order valence-corrected chi connectivity index (χ1v) is 13.2. The Morgan fingerprint density at radius 2 is 1.73 bits per heavy atom. The van der Waals surface area contributed by atoms with Crippen LogP contribution in [0.5, 0.6) is 0 Å². The smallest absolute Gasteiger partial charge is 0.259 e. The van der Waals surface area contributed by atoms with Gasteiger partial charge in [-0.05, 0) is 85.7 Å². The van der Waals surface area contributed by atoms with Crippen LogP contribution in [0.3, 0.4) is 0 Å². The fourth-order valence-electron chi connectivity index (χ4n) is 8.97. The van der Waals surface area contributed by atoms with Gasteiger partial charge in [0.1, 0.15) is 5.57 Å². The number of carbonyl (C=O) groups excluding carboxylic acids is 2. The van der Waals surface area contributed by atoms with E-state index in [2.05, 4.69) is 49.5 Å². The van der Waals surface area contributed by atoms with Gasteiger partial charge in [-0.2, -0.15) is 0 Å². The lowest BCUT2D eigenvalue weighted by atomic mass is 9.48. The number of nitrogens with zero attached hydrogens (tertiary/aromatic N) is 1. The van der Waals surface area contributed by atoms with Gasteiger partial charge >= 0.3 is 0 Å². The molecule has 1 aliphatic heterocycles. The Kier molecular flexibility index (Phi) is 4.84. The monoisotopic (exact) mass is 446 g/mol. The predicted molar refractivity (Wildman–Crippen MR) is 129 cm³/mol. The van der Waals surface area contributed by atoms with E-state index in [1.54, 1.807) is 0 Å². The average molecular weight is 447 g/mol. The molecule has 0 bridgehead atoms. The van der Waals surface area contributed by atoms with Crippen LogP contribution in [0.4, 0.5) is 0 Å². The van der Waals surface area contributed by atoms with Gasteiger partial charge in [0.15, 0.2) is 0 Å². The summed E-state index contributed by atoms with van der Waals surface area (Å²) in [5.74, 6) is 1.86. The molecule has 2 amide bonds. The van der Waals surface area contributed by atoms with Gasteiger partial charge in [0.25, 0.3) is 11.8 Å². The van der Waals surface area contributed by atoms with Crippen molar-refractivity contribution in [3.05, 3.63) is 47.0 Å². The largest absolute Gasteiger partial charge is 0.348 e. The Hall–Kier alpha value is -2.10. The van der Waals surface area contributed by atoms with Crippen LogP contribution in [0, 0.1) is 28.6 Å². The zero-order valence-electron chi connectivity index (χ0n) is 20.4. The molecule has 4 heteroatoms. The maximum absolute atomic E-state index is 13.4. The van der Waals surface area contributed by atoms with Crippen LogP contribution in [0.15, 0.2) is 35.9 Å². The molecular weight excluding hydrogens is 408 g/mol. The van der Waals surface area contributed by atoms with Crippen molar-refractivity contribution in [2.75, 3.05) is 7.05 Å². The van der Waals surface area contributed by atoms with Crippen LogP contribution in [-0.4, -0.2) is 35.8 Å². The quantitative estimate of drug-likeness (QED) is 0.671. The van der Waals surface area contributed by atoms with E-state index in [0.717, 1.165) is 31.1 Å². The third-order valence-electron chi connectivity index (χ3n) is 10.6. The highest BCUT2D eigenvalue weighted by molar-refractivity contribution is 6.19. The number of carbonyl (C=O) groups is 2. The maximum Gasteiger partial charge on any atom is 0.259 e. The zero-order valence-corrected chi connectivity index (χ0v) is 20.4. The molecule has 4 nitrogen and oxygen atoms in total. The minimum atomic E-state index is -0.173. The molecule has 1 unspecified atom stereocenters. The number of nitrogens with one attached hydrogen (secondary N) is 1. The normalized spacial score (nSPS) is 39.9. The number of benzene rings is 1. The van der Waals surface area contributed by atoms with Crippen LogP contribution >= 0.6 is 0 Å². The second-order valence-corrected chi connectivity index (χ2v) is 12.2. The molecule has 5 aliphatic rings. The summed E-state index contributed by atoms with van der Waals surface area (Å²) in [6, 6.07) is 8.70. The molecule has 33 heavy (non-hydrogen) atoms. The first kappa shape index (κ1) is 21.4. The summed E-state index contributed by atoms with van der Waals surface area (Å²) in [6.07, 6.45) is 12.8. The van der Waals surface area contributed by atoms with Crippen LogP contribution in [0.1, 0.15) is 69.9 Å². The molecule has 0 saturated heterocycles. The molecule has 1 N–H and O–H groups in total. The molecule has 1 aromatic carbocycles. The third-order valence-corrected chi connectivity index (χ3v) is 10.6. The SMILES string of the molecule is CN1C(=O)C(C(=O)NC2Cc3ccccc3C2)=C[C@@]2(C)C1CC[C@@H]1[C@H]2CC[C@]2(C)CCC[C@@H]12. The second kappa shape index (κ2) is 7.45. The first-order valence-electron chi connectivity index (χ1n) is 13.2. The first-order chi connectivity index (χ1) is 15.8. The number of likely N-dealkylation sites (N-methyl/N-ethyl adjacent to an activating group) is 1. The van der Waals surface area contributed by atoms with Crippen LogP contribution in [0.25, 0.3) is 0 Å². The van der Waals surface area contributed by atoms with Crippen LogP contribution in [0.2, 0.25) is 0 Å². The molecule has 4 aliphatic carbocycles. The summed E-state index contributed by atoms with van der Waals surface area (Å²) >= 11 is 0. The van der Waals surface area contributed by atoms with Crippen molar-refractivity contribution in [1.82, 2.24) is 10.2 Å². The van der Waals surface area contributed by atoms with E-state index in [1.165, 1.54) is 49.7 Å². The lowest BCUT2D eigenvalue weighted by molar-refractivity contribution is -0.141. The molecule has 6 rings (SSSR count). The molecule has 3 fully saturated rings. The Morgan fingerprint density at radius 3 is 2.45 bits per heavy atom. The van der Waals surface area contributed by atoms with Crippen LogP contribution < -0.4 is 5.32 Å². The van der Waals surface area contributed by atoms with Gasteiger partial charge < -0.3 is 10.2 Å². The third kappa shape index (κ3) is 3.15. The number of rotatable bonds is 2. The van der Waals surface area contributed by atoms with Gasteiger partial charge in [0.2, 0.25) is 0 Å². The highest BCUT2D eigenvalue weighted by atomic mass is 16.2. The summed E-state index contributed by atoms with van der Waals surface area (Å²) < 4.78 is 0. The summed E-state index contributed by atoms with van der Waals surface area (Å²) in [5, 5.41) is 3.22. The Morgan fingerprint density at radius 1 is 1.00 bits per heavy atom. The van der Waals surface area contributed by atoms with Gasteiger partial charge in [-0.1, -0.05) is 50.6 Å². The van der Waals surface area contributed by atoms with Crippen molar-refractivity contribution in [2.24, 2.45) is 28.6 Å². The van der Waals surface area contributed by atoms with E-state index in [4.69, 9.17) is 0 Å². The number of amides is 2. The molecule has 1 heterocycles. The van der Waals surface area contributed by atoms with E-state index in [1.807, 2.05) is 11.9 Å². The number of hydrogen-bond acceptors (Lipinski definition) is 2. The van der Waals surface area contributed by atoms with Gasteiger partial charge in [0.05, 0.1) is 0 Å². The van der Waals surface area contributed by atoms with Gasteiger partial charge in [-0.15, -0.1) is 0 Å². The topological polar surface area (TPSA) is 49.4 Å². The summed E-state index contributed by atoms with van der Waals surface area (Å²) in [5.41, 5.74) is 3.41. The van der Waals surface area contributed by atoms with E-state index in [-0.39, 0.29) is 29.3 Å². The molecule has 1 aromatic rings. The fourth-order valence-corrected chi connectivity index (χ4v) is 8.97.